The van der Waals surface area contributed by atoms with Crippen molar-refractivity contribution in [2.75, 3.05) is 26.0 Å². The minimum atomic E-state index is -3.58. The van der Waals surface area contributed by atoms with Crippen LogP contribution in [0.1, 0.15) is 18.5 Å². The summed E-state index contributed by atoms with van der Waals surface area (Å²) in [7, 11) is -3.58. The van der Waals surface area contributed by atoms with Crippen LogP contribution in [0.3, 0.4) is 0 Å². The predicted octanol–water partition coefficient (Wildman–Crippen LogP) is 1.83. The van der Waals surface area contributed by atoms with E-state index in [1.807, 2.05) is 12.1 Å². The first-order valence-corrected chi connectivity index (χ1v) is 9.28. The average molecular weight is 393 g/mol. The predicted molar refractivity (Wildman–Crippen MR) is 83.2 cm³/mol. The van der Waals surface area contributed by atoms with Gasteiger partial charge in [-0.15, -0.1) is 0 Å². The first kappa shape index (κ1) is 17.2. The fourth-order valence-electron chi connectivity index (χ4n) is 2.52. The van der Waals surface area contributed by atoms with Crippen LogP contribution in [0.15, 0.2) is 22.8 Å². The number of aromatic nitrogens is 1. The average Bonchev–Trinajstić information content (AvgIpc) is 2.45. The molecule has 1 aromatic rings. The van der Waals surface area contributed by atoms with E-state index < -0.39 is 21.6 Å². The van der Waals surface area contributed by atoms with Gasteiger partial charge in [-0.25, -0.2) is 9.78 Å². The van der Waals surface area contributed by atoms with Crippen molar-refractivity contribution < 1.29 is 22.5 Å². The van der Waals surface area contributed by atoms with Crippen LogP contribution in [0.25, 0.3) is 0 Å². The number of carboxylic acid groups (broad SMARTS) is 1. The first-order valence-electron chi connectivity index (χ1n) is 6.67. The molecule has 1 fully saturated rings. The molecule has 1 N–H and O–H groups in total. The van der Waals surface area contributed by atoms with Gasteiger partial charge in [0.1, 0.15) is 4.60 Å². The lowest BCUT2D eigenvalue weighted by atomic mass is 9.76. The van der Waals surface area contributed by atoms with Crippen molar-refractivity contribution in [1.82, 2.24) is 9.88 Å². The van der Waals surface area contributed by atoms with E-state index in [-0.39, 0.29) is 6.61 Å². The van der Waals surface area contributed by atoms with Gasteiger partial charge in [0.15, 0.2) is 0 Å². The Labute approximate surface area is 137 Å². The highest BCUT2D eigenvalue weighted by atomic mass is 79.9. The Balaban J connectivity index is 2.28. The third kappa shape index (κ3) is 4.17. The maximum absolute atomic E-state index is 11.3. The molecule has 1 aliphatic rings. The van der Waals surface area contributed by atoms with Gasteiger partial charge in [-0.1, -0.05) is 6.07 Å². The molecule has 0 spiro atoms. The number of halogens is 1. The zero-order valence-corrected chi connectivity index (χ0v) is 14.4. The van der Waals surface area contributed by atoms with Gasteiger partial charge in [0.05, 0.1) is 18.6 Å². The molecule has 22 heavy (non-hydrogen) atoms. The van der Waals surface area contributed by atoms with Crippen molar-refractivity contribution in [3.05, 3.63) is 28.5 Å². The van der Waals surface area contributed by atoms with Gasteiger partial charge in [0.2, 0.25) is 0 Å². The molecule has 0 aromatic carbocycles. The molecule has 0 saturated carbocycles. The van der Waals surface area contributed by atoms with Crippen LogP contribution in [-0.2, 0) is 19.7 Å². The molecule has 0 bridgehead atoms. The molecule has 1 aromatic heterocycles. The monoisotopic (exact) mass is 392 g/mol. The van der Waals surface area contributed by atoms with Crippen LogP contribution in [0.4, 0.5) is 4.79 Å². The summed E-state index contributed by atoms with van der Waals surface area (Å²) in [6.45, 7) is 0.593. The minimum absolute atomic E-state index is 0.0389. The van der Waals surface area contributed by atoms with Gasteiger partial charge in [-0.3, -0.25) is 4.18 Å². The smallest absolute Gasteiger partial charge is 0.407 e. The van der Waals surface area contributed by atoms with Crippen LogP contribution in [-0.4, -0.2) is 55.5 Å². The highest BCUT2D eigenvalue weighted by Crippen LogP contribution is 2.35. The summed E-state index contributed by atoms with van der Waals surface area (Å²) in [5.74, 6) is 0. The van der Waals surface area contributed by atoms with Gasteiger partial charge in [-0.2, -0.15) is 8.42 Å². The van der Waals surface area contributed by atoms with E-state index in [1.54, 1.807) is 6.07 Å². The Morgan fingerprint density at radius 3 is 2.59 bits per heavy atom. The first-order chi connectivity index (χ1) is 10.2. The molecule has 7 nitrogen and oxygen atoms in total. The molecule has 9 heteroatoms. The molecule has 0 unspecified atom stereocenters. The maximum atomic E-state index is 11.3. The number of pyridine rings is 1. The Bertz CT molecular complexity index is 656. The van der Waals surface area contributed by atoms with Crippen molar-refractivity contribution >= 4 is 32.1 Å². The molecule has 1 saturated heterocycles. The topological polar surface area (TPSA) is 96.8 Å². The fraction of sp³-hybridized carbons (Fsp3) is 0.538. The normalized spacial score (nSPS) is 18.2. The van der Waals surface area contributed by atoms with E-state index in [0.717, 1.165) is 6.26 Å². The van der Waals surface area contributed by atoms with Gasteiger partial charge < -0.3 is 10.0 Å². The molecule has 0 atom stereocenters. The number of nitrogens with zero attached hydrogens (tertiary/aromatic N) is 2. The molecule has 2 rings (SSSR count). The minimum Gasteiger partial charge on any atom is -0.465 e. The van der Waals surface area contributed by atoms with Crippen molar-refractivity contribution in [2.45, 2.75) is 18.3 Å². The van der Waals surface area contributed by atoms with E-state index in [2.05, 4.69) is 20.9 Å². The third-order valence-electron chi connectivity index (χ3n) is 3.80. The highest BCUT2D eigenvalue weighted by molar-refractivity contribution is 9.10. The summed E-state index contributed by atoms with van der Waals surface area (Å²) in [5.41, 5.74) is 0.0919. The largest absolute Gasteiger partial charge is 0.465 e. The lowest BCUT2D eigenvalue weighted by Gasteiger charge is -2.40. The molecule has 0 aliphatic carbocycles. The Morgan fingerprint density at radius 2 is 2.09 bits per heavy atom. The fourth-order valence-corrected chi connectivity index (χ4v) is 3.31. The second-order valence-corrected chi connectivity index (χ2v) is 7.82. The van der Waals surface area contributed by atoms with Crippen LogP contribution in [0.5, 0.6) is 0 Å². The maximum Gasteiger partial charge on any atom is 0.407 e. The number of likely N-dealkylation sites (tertiary alicyclic amines) is 1. The van der Waals surface area contributed by atoms with Crippen LogP contribution in [0, 0.1) is 0 Å². The van der Waals surface area contributed by atoms with Crippen LogP contribution in [0.2, 0.25) is 0 Å². The zero-order chi connectivity index (χ0) is 16.4. The second-order valence-electron chi connectivity index (χ2n) is 5.36. The molecule has 122 valence electrons. The van der Waals surface area contributed by atoms with E-state index in [1.165, 1.54) is 4.90 Å². The second kappa shape index (κ2) is 6.51. The number of hydrogen-bond acceptors (Lipinski definition) is 5. The van der Waals surface area contributed by atoms with Crippen molar-refractivity contribution in [3.8, 4) is 0 Å². The standard InChI is InChI=1S/C13H17BrN2O5S/c1-22(19,20)21-9-13(10-3-2-4-11(14)15-10)5-7-16(8-6-13)12(17)18/h2-4H,5-9H2,1H3,(H,17,18). The highest BCUT2D eigenvalue weighted by Gasteiger charge is 2.40. The van der Waals surface area contributed by atoms with Gasteiger partial charge in [-0.05, 0) is 40.9 Å². The number of carbonyl (C=O) groups is 1. The van der Waals surface area contributed by atoms with Crippen molar-refractivity contribution in [3.63, 3.8) is 0 Å². The molecule has 0 radical (unpaired) electrons. The quantitative estimate of drug-likeness (QED) is 0.619. The lowest BCUT2D eigenvalue weighted by molar-refractivity contribution is 0.0954. The summed E-state index contributed by atoms with van der Waals surface area (Å²) in [4.78, 5) is 16.8. The number of hydrogen-bond donors (Lipinski definition) is 1. The molecule has 1 aliphatic heterocycles. The molecular weight excluding hydrogens is 376 g/mol. The number of amides is 1. The SMILES string of the molecule is CS(=O)(=O)OCC1(c2cccc(Br)n2)CCN(C(=O)O)CC1. The van der Waals surface area contributed by atoms with Crippen molar-refractivity contribution in [2.24, 2.45) is 0 Å². The van der Waals surface area contributed by atoms with Gasteiger partial charge in [0.25, 0.3) is 10.1 Å². The van der Waals surface area contributed by atoms with Gasteiger partial charge in [0, 0.05) is 18.5 Å². The Kier molecular flexibility index (Phi) is 5.08. The van der Waals surface area contributed by atoms with Gasteiger partial charge >= 0.3 is 6.09 Å². The zero-order valence-electron chi connectivity index (χ0n) is 12.0. The van der Waals surface area contributed by atoms with Crippen molar-refractivity contribution in [1.29, 1.82) is 0 Å². The lowest BCUT2D eigenvalue weighted by Crippen LogP contribution is -2.47. The Morgan fingerprint density at radius 1 is 1.45 bits per heavy atom. The van der Waals surface area contributed by atoms with E-state index in [4.69, 9.17) is 9.29 Å². The summed E-state index contributed by atoms with van der Waals surface area (Å²) < 4.78 is 28.3. The van der Waals surface area contributed by atoms with E-state index in [0.29, 0.717) is 36.2 Å². The van der Waals surface area contributed by atoms with E-state index in [9.17, 15) is 13.2 Å². The summed E-state index contributed by atoms with van der Waals surface area (Å²) in [5, 5.41) is 9.06. The summed E-state index contributed by atoms with van der Waals surface area (Å²) in [6.07, 6.45) is 0.942. The van der Waals surface area contributed by atoms with Crippen LogP contribution < -0.4 is 0 Å². The van der Waals surface area contributed by atoms with Crippen LogP contribution >= 0.6 is 15.9 Å². The molecule has 1 amide bonds. The summed E-state index contributed by atoms with van der Waals surface area (Å²) >= 11 is 3.30. The molecule has 2 heterocycles. The van der Waals surface area contributed by atoms with E-state index >= 15 is 0 Å². The number of piperidine rings is 1. The Hall–Kier alpha value is -1.19. The molecular formula is C13H17BrN2O5S. The summed E-state index contributed by atoms with van der Waals surface area (Å²) in [6, 6.07) is 5.41. The third-order valence-corrected chi connectivity index (χ3v) is 4.79. The number of rotatable bonds is 4.